The maximum absolute atomic E-state index is 11.6. The molecule has 0 aliphatic heterocycles. The molecule has 0 atom stereocenters. The van der Waals surface area contributed by atoms with Gasteiger partial charge in [-0.05, 0) is 11.4 Å². The van der Waals surface area contributed by atoms with Crippen molar-refractivity contribution in [2.75, 3.05) is 6.26 Å². The average Bonchev–Trinajstić information content (AvgIpc) is 3.08. The monoisotopic (exact) mass is 309 g/mol. The first-order valence-electron chi connectivity index (χ1n) is 5.73. The maximum Gasteiger partial charge on any atom is 0.236 e. The van der Waals surface area contributed by atoms with Crippen molar-refractivity contribution in [2.24, 2.45) is 0 Å². The van der Waals surface area contributed by atoms with Crippen LogP contribution in [0.3, 0.4) is 0 Å². The zero-order chi connectivity index (χ0) is 14.2. The third-order valence-corrected chi connectivity index (χ3v) is 4.49. The molecule has 3 heterocycles. The number of oxazole rings is 1. The number of nitrogens with zero attached hydrogens (tertiary/aromatic N) is 3. The highest BCUT2D eigenvalue weighted by Gasteiger charge is 2.16. The van der Waals surface area contributed by atoms with E-state index in [1.54, 1.807) is 6.20 Å². The minimum absolute atomic E-state index is 0.0261. The van der Waals surface area contributed by atoms with Crippen molar-refractivity contribution in [3.8, 4) is 10.8 Å². The molecule has 0 amide bonds. The highest BCUT2D eigenvalue weighted by atomic mass is 32.2. The Labute approximate surface area is 119 Å². The summed E-state index contributed by atoms with van der Waals surface area (Å²) in [5.41, 5.74) is 0.649. The van der Waals surface area contributed by atoms with Gasteiger partial charge in [0.1, 0.15) is 6.26 Å². The van der Waals surface area contributed by atoms with E-state index in [1.165, 1.54) is 28.4 Å². The third-order valence-electron chi connectivity index (χ3n) is 2.62. The van der Waals surface area contributed by atoms with E-state index in [4.69, 9.17) is 4.42 Å². The third kappa shape index (κ3) is 2.52. The van der Waals surface area contributed by atoms with Gasteiger partial charge in [-0.3, -0.25) is 0 Å². The van der Waals surface area contributed by atoms with Crippen LogP contribution in [0.5, 0.6) is 0 Å². The van der Waals surface area contributed by atoms with Crippen LogP contribution in [-0.4, -0.2) is 29.2 Å². The van der Waals surface area contributed by atoms with E-state index in [9.17, 15) is 8.42 Å². The van der Waals surface area contributed by atoms with Crippen molar-refractivity contribution in [1.29, 1.82) is 0 Å². The summed E-state index contributed by atoms with van der Waals surface area (Å²) in [5.74, 6) is 0.538. The lowest BCUT2D eigenvalue weighted by molar-refractivity contribution is 0.566. The van der Waals surface area contributed by atoms with Crippen molar-refractivity contribution >= 4 is 21.2 Å². The smallest absolute Gasteiger partial charge is 0.236 e. The summed E-state index contributed by atoms with van der Waals surface area (Å²) < 4.78 is 30.1. The molecular formula is C12H11N3O3S2. The lowest BCUT2D eigenvalue weighted by Crippen LogP contribution is -2.09. The van der Waals surface area contributed by atoms with Crippen LogP contribution in [0.15, 0.2) is 45.7 Å². The van der Waals surface area contributed by atoms with E-state index in [2.05, 4.69) is 9.97 Å². The summed E-state index contributed by atoms with van der Waals surface area (Å²) in [6.45, 7) is 0.303. The molecule has 0 aromatic carbocycles. The number of hydrogen-bond acceptors (Lipinski definition) is 6. The molecule has 0 saturated carbocycles. The van der Waals surface area contributed by atoms with Gasteiger partial charge in [0.2, 0.25) is 20.9 Å². The number of thiophene rings is 1. The van der Waals surface area contributed by atoms with Crippen molar-refractivity contribution in [3.63, 3.8) is 0 Å². The fraction of sp³-hybridized carbons (Fsp3) is 0.167. The van der Waals surface area contributed by atoms with Crippen LogP contribution in [0.25, 0.3) is 10.8 Å². The summed E-state index contributed by atoms with van der Waals surface area (Å²) in [6, 6.07) is 3.83. The van der Waals surface area contributed by atoms with Crippen molar-refractivity contribution in [2.45, 2.75) is 11.7 Å². The summed E-state index contributed by atoms with van der Waals surface area (Å²) in [5, 5.41) is 1.97. The molecule has 0 aliphatic carbocycles. The molecule has 3 rings (SSSR count). The quantitative estimate of drug-likeness (QED) is 0.737. The maximum atomic E-state index is 11.6. The van der Waals surface area contributed by atoms with Gasteiger partial charge in [-0.2, -0.15) is 0 Å². The van der Waals surface area contributed by atoms with Crippen molar-refractivity contribution < 1.29 is 12.8 Å². The SMILES string of the molecule is CS(=O)(=O)c1nccn1Cc1coc(-c2cccs2)n1. The Balaban J connectivity index is 1.88. The molecule has 104 valence electrons. The van der Waals surface area contributed by atoms with Crippen LogP contribution < -0.4 is 0 Å². The number of aromatic nitrogens is 3. The Morgan fingerprint density at radius 3 is 3.00 bits per heavy atom. The molecule has 0 spiro atoms. The van der Waals surface area contributed by atoms with Gasteiger partial charge in [-0.1, -0.05) is 6.07 Å². The van der Waals surface area contributed by atoms with Crippen LogP contribution in [0.4, 0.5) is 0 Å². The second-order valence-electron chi connectivity index (χ2n) is 4.23. The van der Waals surface area contributed by atoms with Gasteiger partial charge in [0, 0.05) is 18.6 Å². The molecule has 0 unspecified atom stereocenters. The molecule has 0 fully saturated rings. The highest BCUT2D eigenvalue weighted by molar-refractivity contribution is 7.90. The van der Waals surface area contributed by atoms with E-state index < -0.39 is 9.84 Å². The summed E-state index contributed by atoms with van der Waals surface area (Å²) in [7, 11) is -3.35. The van der Waals surface area contributed by atoms with Crippen LogP contribution >= 0.6 is 11.3 Å². The van der Waals surface area contributed by atoms with Crippen molar-refractivity contribution in [1.82, 2.24) is 14.5 Å². The molecule has 3 aromatic rings. The van der Waals surface area contributed by atoms with Crippen LogP contribution in [0, 0.1) is 0 Å². The zero-order valence-corrected chi connectivity index (χ0v) is 12.2. The molecule has 6 nitrogen and oxygen atoms in total. The second kappa shape index (κ2) is 4.88. The van der Waals surface area contributed by atoms with Gasteiger partial charge in [0.15, 0.2) is 0 Å². The second-order valence-corrected chi connectivity index (χ2v) is 7.09. The van der Waals surface area contributed by atoms with Crippen LogP contribution in [0.2, 0.25) is 0 Å². The summed E-state index contributed by atoms with van der Waals surface area (Å²) in [6.07, 6.45) is 5.72. The van der Waals surface area contributed by atoms with E-state index >= 15 is 0 Å². The molecule has 0 aliphatic rings. The Morgan fingerprint density at radius 2 is 2.30 bits per heavy atom. The number of rotatable bonds is 4. The first kappa shape index (κ1) is 13.1. The summed E-state index contributed by atoms with van der Waals surface area (Å²) >= 11 is 1.53. The fourth-order valence-electron chi connectivity index (χ4n) is 1.81. The topological polar surface area (TPSA) is 78.0 Å². The molecular weight excluding hydrogens is 298 g/mol. The fourth-order valence-corrected chi connectivity index (χ4v) is 3.27. The first-order chi connectivity index (χ1) is 9.54. The first-order valence-corrected chi connectivity index (χ1v) is 8.50. The van der Waals surface area contributed by atoms with Gasteiger partial charge in [-0.15, -0.1) is 11.3 Å². The van der Waals surface area contributed by atoms with Gasteiger partial charge >= 0.3 is 0 Å². The number of imidazole rings is 1. The predicted octanol–water partition coefficient (Wildman–Crippen LogP) is 2.05. The number of sulfone groups is 1. The lowest BCUT2D eigenvalue weighted by atomic mass is 10.4. The van der Waals surface area contributed by atoms with E-state index in [0.29, 0.717) is 18.1 Å². The normalized spacial score (nSPS) is 11.8. The molecule has 3 aromatic heterocycles. The minimum atomic E-state index is -3.35. The average molecular weight is 309 g/mol. The molecule has 8 heteroatoms. The Morgan fingerprint density at radius 1 is 1.45 bits per heavy atom. The summed E-state index contributed by atoms with van der Waals surface area (Å²) in [4.78, 5) is 9.15. The van der Waals surface area contributed by atoms with Gasteiger partial charge in [0.25, 0.3) is 0 Å². The molecule has 0 radical (unpaired) electrons. The Kier molecular flexibility index (Phi) is 3.19. The lowest BCUT2D eigenvalue weighted by Gasteiger charge is -2.02. The highest BCUT2D eigenvalue weighted by Crippen LogP contribution is 2.24. The number of hydrogen-bond donors (Lipinski definition) is 0. The Hall–Kier alpha value is -1.93. The van der Waals surface area contributed by atoms with E-state index in [1.807, 2.05) is 17.5 Å². The predicted molar refractivity (Wildman–Crippen MR) is 74.3 cm³/mol. The van der Waals surface area contributed by atoms with Crippen LogP contribution in [0.1, 0.15) is 5.69 Å². The standard InChI is InChI=1S/C12H11N3O3S2/c1-20(16,17)12-13-4-5-15(12)7-9-8-18-11(14-9)10-3-2-6-19-10/h2-6,8H,7H2,1H3. The largest absolute Gasteiger partial charge is 0.443 e. The van der Waals surface area contributed by atoms with Gasteiger partial charge in [-0.25, -0.2) is 18.4 Å². The Bertz CT molecular complexity index is 816. The molecule has 0 saturated heterocycles. The minimum Gasteiger partial charge on any atom is -0.443 e. The van der Waals surface area contributed by atoms with Crippen molar-refractivity contribution in [3.05, 3.63) is 41.9 Å². The van der Waals surface area contributed by atoms with Gasteiger partial charge in [0.05, 0.1) is 17.1 Å². The molecule has 0 N–H and O–H groups in total. The molecule has 0 bridgehead atoms. The van der Waals surface area contributed by atoms with Gasteiger partial charge < -0.3 is 8.98 Å². The zero-order valence-electron chi connectivity index (χ0n) is 10.6. The molecule has 20 heavy (non-hydrogen) atoms. The van der Waals surface area contributed by atoms with Crippen LogP contribution in [-0.2, 0) is 16.4 Å². The van der Waals surface area contributed by atoms with E-state index in [-0.39, 0.29) is 5.16 Å². The van der Waals surface area contributed by atoms with E-state index in [0.717, 1.165) is 11.1 Å².